The molecule has 0 saturated heterocycles. The van der Waals surface area contributed by atoms with E-state index in [0.717, 1.165) is 5.56 Å². The number of nitrogens with one attached hydrogen (secondary N) is 1. The minimum absolute atomic E-state index is 0.0384. The van der Waals surface area contributed by atoms with E-state index in [1.807, 2.05) is 19.9 Å². The average molecular weight is 239 g/mol. The van der Waals surface area contributed by atoms with Crippen molar-refractivity contribution < 1.29 is 14.9 Å². The van der Waals surface area contributed by atoms with E-state index in [1.54, 1.807) is 19.2 Å². The first-order valence-electron chi connectivity index (χ1n) is 5.78. The lowest BCUT2D eigenvalue weighted by Crippen LogP contribution is -2.36. The van der Waals surface area contributed by atoms with Crippen LogP contribution >= 0.6 is 0 Å². The maximum atomic E-state index is 9.76. The van der Waals surface area contributed by atoms with Gasteiger partial charge in [0.2, 0.25) is 0 Å². The van der Waals surface area contributed by atoms with Crippen LogP contribution in [0.25, 0.3) is 0 Å². The summed E-state index contributed by atoms with van der Waals surface area (Å²) in [6, 6.07) is 5.24. The number of aliphatic hydroxyl groups excluding tert-OH is 1. The Morgan fingerprint density at radius 2 is 2.06 bits per heavy atom. The van der Waals surface area contributed by atoms with E-state index in [1.165, 1.54) is 0 Å². The fourth-order valence-corrected chi connectivity index (χ4v) is 1.57. The standard InChI is InChI=1S/C13H21NO3/c1-9(2)12(8-15)14-7-10-4-5-11(17-3)6-13(10)16/h4-6,9,12,14-16H,7-8H2,1-3H3. The van der Waals surface area contributed by atoms with Crippen molar-refractivity contribution in [1.29, 1.82) is 0 Å². The summed E-state index contributed by atoms with van der Waals surface area (Å²) in [6.07, 6.45) is 0. The molecule has 3 N–H and O–H groups in total. The van der Waals surface area contributed by atoms with Gasteiger partial charge in [-0.05, 0) is 12.0 Å². The first-order valence-corrected chi connectivity index (χ1v) is 5.78. The lowest BCUT2D eigenvalue weighted by molar-refractivity contribution is 0.209. The van der Waals surface area contributed by atoms with Crippen molar-refractivity contribution in [2.75, 3.05) is 13.7 Å². The van der Waals surface area contributed by atoms with Crippen molar-refractivity contribution in [2.45, 2.75) is 26.4 Å². The predicted molar refractivity (Wildman–Crippen MR) is 67.2 cm³/mol. The summed E-state index contributed by atoms with van der Waals surface area (Å²) in [6.45, 7) is 4.71. The molecule has 1 aromatic rings. The zero-order valence-corrected chi connectivity index (χ0v) is 10.6. The molecule has 96 valence electrons. The number of benzene rings is 1. The monoisotopic (exact) mass is 239 g/mol. The smallest absolute Gasteiger partial charge is 0.123 e. The Hall–Kier alpha value is -1.26. The number of rotatable bonds is 6. The summed E-state index contributed by atoms with van der Waals surface area (Å²) >= 11 is 0. The summed E-state index contributed by atoms with van der Waals surface area (Å²) in [5.74, 6) is 1.19. The molecule has 4 heteroatoms. The Bertz CT molecular complexity index is 353. The Kier molecular flexibility index (Phi) is 5.25. The zero-order valence-electron chi connectivity index (χ0n) is 10.6. The molecule has 0 aliphatic carbocycles. The van der Waals surface area contributed by atoms with E-state index in [0.29, 0.717) is 18.2 Å². The number of hydrogen-bond donors (Lipinski definition) is 3. The molecule has 0 aromatic heterocycles. The molecular weight excluding hydrogens is 218 g/mol. The number of aliphatic hydroxyl groups is 1. The predicted octanol–water partition coefficient (Wildman–Crippen LogP) is 1.51. The molecule has 1 aromatic carbocycles. The van der Waals surface area contributed by atoms with Crippen LogP contribution in [0.5, 0.6) is 11.5 Å². The van der Waals surface area contributed by atoms with Crippen molar-refractivity contribution in [1.82, 2.24) is 5.32 Å². The molecule has 0 bridgehead atoms. The lowest BCUT2D eigenvalue weighted by Gasteiger charge is -2.20. The van der Waals surface area contributed by atoms with Gasteiger partial charge in [-0.2, -0.15) is 0 Å². The largest absolute Gasteiger partial charge is 0.507 e. The van der Waals surface area contributed by atoms with Crippen molar-refractivity contribution in [3.05, 3.63) is 23.8 Å². The first-order chi connectivity index (χ1) is 8.08. The zero-order chi connectivity index (χ0) is 12.8. The van der Waals surface area contributed by atoms with Crippen LogP contribution in [0.3, 0.4) is 0 Å². The number of hydrogen-bond acceptors (Lipinski definition) is 4. The second kappa shape index (κ2) is 6.47. The van der Waals surface area contributed by atoms with Crippen LogP contribution in [-0.2, 0) is 6.54 Å². The summed E-state index contributed by atoms with van der Waals surface area (Å²) in [4.78, 5) is 0. The highest BCUT2D eigenvalue weighted by atomic mass is 16.5. The fourth-order valence-electron chi connectivity index (χ4n) is 1.57. The van der Waals surface area contributed by atoms with E-state index in [2.05, 4.69) is 5.32 Å². The Balaban J connectivity index is 2.63. The van der Waals surface area contributed by atoms with Crippen LogP contribution in [-0.4, -0.2) is 30.0 Å². The van der Waals surface area contributed by atoms with Crippen LogP contribution in [0, 0.1) is 5.92 Å². The molecule has 0 heterocycles. The molecule has 0 aliphatic heterocycles. The topological polar surface area (TPSA) is 61.7 Å². The molecule has 0 aliphatic rings. The van der Waals surface area contributed by atoms with E-state index >= 15 is 0 Å². The molecule has 0 spiro atoms. The van der Waals surface area contributed by atoms with Gasteiger partial charge >= 0.3 is 0 Å². The van der Waals surface area contributed by atoms with Crippen LogP contribution in [0.4, 0.5) is 0 Å². The quantitative estimate of drug-likeness (QED) is 0.704. The molecule has 0 amide bonds. The molecule has 1 atom stereocenters. The fraction of sp³-hybridized carbons (Fsp3) is 0.538. The third-order valence-electron chi connectivity index (χ3n) is 2.85. The van der Waals surface area contributed by atoms with Crippen molar-refractivity contribution in [3.8, 4) is 11.5 Å². The molecule has 1 rings (SSSR count). The Labute approximate surface area is 102 Å². The van der Waals surface area contributed by atoms with Crippen molar-refractivity contribution in [3.63, 3.8) is 0 Å². The number of phenolic OH excluding ortho intramolecular Hbond substituents is 1. The molecule has 1 unspecified atom stereocenters. The number of phenols is 1. The minimum atomic E-state index is 0.0384. The highest BCUT2D eigenvalue weighted by Crippen LogP contribution is 2.23. The van der Waals surface area contributed by atoms with Gasteiger partial charge in [-0.15, -0.1) is 0 Å². The van der Waals surface area contributed by atoms with Gasteiger partial charge in [0.15, 0.2) is 0 Å². The van der Waals surface area contributed by atoms with Crippen LogP contribution < -0.4 is 10.1 Å². The van der Waals surface area contributed by atoms with E-state index in [4.69, 9.17) is 4.74 Å². The van der Waals surface area contributed by atoms with Crippen molar-refractivity contribution in [2.24, 2.45) is 5.92 Å². The second-order valence-corrected chi connectivity index (χ2v) is 4.41. The molecule has 17 heavy (non-hydrogen) atoms. The SMILES string of the molecule is COc1ccc(CNC(CO)C(C)C)c(O)c1. The van der Waals surface area contributed by atoms with Gasteiger partial charge in [-0.1, -0.05) is 19.9 Å². The average Bonchev–Trinajstić information content (AvgIpc) is 2.31. The van der Waals surface area contributed by atoms with Gasteiger partial charge in [-0.3, -0.25) is 0 Å². The lowest BCUT2D eigenvalue weighted by atomic mass is 10.0. The van der Waals surface area contributed by atoms with E-state index < -0.39 is 0 Å². The number of methoxy groups -OCH3 is 1. The number of aromatic hydroxyl groups is 1. The van der Waals surface area contributed by atoms with Gasteiger partial charge in [0, 0.05) is 24.2 Å². The van der Waals surface area contributed by atoms with Gasteiger partial charge in [0.25, 0.3) is 0 Å². The second-order valence-electron chi connectivity index (χ2n) is 4.41. The highest BCUT2D eigenvalue weighted by Gasteiger charge is 2.12. The molecular formula is C13H21NO3. The maximum Gasteiger partial charge on any atom is 0.123 e. The summed E-state index contributed by atoms with van der Waals surface area (Å²) in [7, 11) is 1.56. The highest BCUT2D eigenvalue weighted by molar-refractivity contribution is 5.39. The van der Waals surface area contributed by atoms with Gasteiger partial charge < -0.3 is 20.3 Å². The summed E-state index contributed by atoms with van der Waals surface area (Å²) < 4.78 is 5.01. The van der Waals surface area contributed by atoms with Gasteiger partial charge in [0.1, 0.15) is 11.5 Å². The normalized spacial score (nSPS) is 12.8. The third kappa shape index (κ3) is 3.91. The van der Waals surface area contributed by atoms with Crippen LogP contribution in [0.1, 0.15) is 19.4 Å². The summed E-state index contributed by atoms with van der Waals surface area (Å²) in [5.41, 5.74) is 0.796. The van der Waals surface area contributed by atoms with Gasteiger partial charge in [-0.25, -0.2) is 0 Å². The molecule has 0 saturated carbocycles. The Morgan fingerprint density at radius 3 is 2.53 bits per heavy atom. The van der Waals surface area contributed by atoms with E-state index in [-0.39, 0.29) is 18.4 Å². The van der Waals surface area contributed by atoms with Crippen LogP contribution in [0.15, 0.2) is 18.2 Å². The Morgan fingerprint density at radius 1 is 1.35 bits per heavy atom. The minimum Gasteiger partial charge on any atom is -0.507 e. The maximum absolute atomic E-state index is 9.76. The molecule has 4 nitrogen and oxygen atoms in total. The summed E-state index contributed by atoms with van der Waals surface area (Å²) in [5, 5.41) is 22.2. The molecule has 0 fully saturated rings. The van der Waals surface area contributed by atoms with E-state index in [9.17, 15) is 10.2 Å². The first kappa shape index (κ1) is 13.8. The van der Waals surface area contributed by atoms with Crippen molar-refractivity contribution >= 4 is 0 Å². The third-order valence-corrected chi connectivity index (χ3v) is 2.85. The number of ether oxygens (including phenoxy) is 1. The van der Waals surface area contributed by atoms with Gasteiger partial charge in [0.05, 0.1) is 13.7 Å². The molecule has 0 radical (unpaired) electrons. The van der Waals surface area contributed by atoms with Crippen LogP contribution in [0.2, 0.25) is 0 Å².